The van der Waals surface area contributed by atoms with E-state index in [1.54, 1.807) is 6.92 Å². The number of thiol groups is 1. The Labute approximate surface area is 97.2 Å². The fraction of sp³-hybridized carbons (Fsp3) is 0.200. The number of benzene rings is 1. The van der Waals surface area contributed by atoms with E-state index in [4.69, 9.17) is 11.6 Å². The molecule has 0 radical (unpaired) electrons. The van der Waals surface area contributed by atoms with E-state index in [-0.39, 0.29) is 5.02 Å². The lowest BCUT2D eigenvalue weighted by atomic mass is 10.1. The average molecular weight is 255 g/mol. The van der Waals surface area contributed by atoms with E-state index in [2.05, 4.69) is 19.2 Å². The summed E-state index contributed by atoms with van der Waals surface area (Å²) in [6, 6.07) is 3.82. The van der Waals surface area contributed by atoms with Crippen LogP contribution in [0.15, 0.2) is 30.2 Å². The number of alkyl halides is 3. The topological polar surface area (TPSA) is 0 Å². The molecule has 0 unspecified atom stereocenters. The molecule has 5 heteroatoms. The lowest BCUT2D eigenvalue weighted by Gasteiger charge is -2.08. The lowest BCUT2D eigenvalue weighted by molar-refractivity contribution is -0.137. The molecule has 1 rings (SSSR count). The summed E-state index contributed by atoms with van der Waals surface area (Å²) in [5, 5.41) is 1.19. The molecule has 0 fully saturated rings. The van der Waals surface area contributed by atoms with Crippen LogP contribution < -0.4 is 0 Å². The molecular weight excluding hydrogens is 245 g/mol. The largest absolute Gasteiger partial charge is 0.417 e. The minimum absolute atomic E-state index is 0.256. The van der Waals surface area contributed by atoms with Crippen molar-refractivity contribution in [2.75, 3.05) is 0 Å². The van der Waals surface area contributed by atoms with Crippen LogP contribution in [-0.4, -0.2) is 0 Å². The number of halogens is 4. The number of rotatable bonds is 0. The van der Waals surface area contributed by atoms with Crippen molar-refractivity contribution in [2.45, 2.75) is 13.1 Å². The van der Waals surface area contributed by atoms with E-state index < -0.39 is 11.7 Å². The van der Waals surface area contributed by atoms with E-state index in [0.29, 0.717) is 5.56 Å². The molecule has 0 bridgehead atoms. The van der Waals surface area contributed by atoms with Crippen molar-refractivity contribution < 1.29 is 13.2 Å². The predicted octanol–water partition coefficient (Wildman–Crippen LogP) is 4.73. The van der Waals surface area contributed by atoms with E-state index in [1.165, 1.54) is 17.5 Å². The maximum Gasteiger partial charge on any atom is 0.417 e. The van der Waals surface area contributed by atoms with E-state index in [9.17, 15) is 13.2 Å². The molecule has 0 N–H and O–H groups in total. The van der Waals surface area contributed by atoms with Gasteiger partial charge in [-0.1, -0.05) is 29.8 Å². The van der Waals surface area contributed by atoms with Crippen molar-refractivity contribution in [3.05, 3.63) is 46.3 Å². The summed E-state index contributed by atoms with van der Waals surface area (Å²) in [4.78, 5) is 0. The first-order chi connectivity index (χ1) is 6.82. The fourth-order valence-corrected chi connectivity index (χ4v) is 1.08. The highest BCUT2D eigenvalue weighted by Gasteiger charge is 2.32. The Morgan fingerprint density at radius 1 is 1.40 bits per heavy atom. The van der Waals surface area contributed by atoms with Crippen molar-refractivity contribution in [2.24, 2.45) is 0 Å². The third kappa shape index (κ3) is 5.14. The van der Waals surface area contributed by atoms with Crippen LogP contribution in [0.4, 0.5) is 13.2 Å². The summed E-state index contributed by atoms with van der Waals surface area (Å²) in [5.74, 6) is 0. The third-order valence-electron chi connectivity index (χ3n) is 1.43. The van der Waals surface area contributed by atoms with Gasteiger partial charge in [0.1, 0.15) is 0 Å². The Hall–Kier alpha value is -0.610. The highest BCUT2D eigenvalue weighted by molar-refractivity contribution is 7.83. The molecule has 0 aromatic heterocycles. The summed E-state index contributed by atoms with van der Waals surface area (Å²) in [6.07, 6.45) is -4.36. The molecule has 0 amide bonds. The SMILES string of the molecule is C=CS.Cc1ccc(Cl)c(C(F)(F)F)c1. The van der Waals surface area contributed by atoms with Gasteiger partial charge in [0.2, 0.25) is 0 Å². The maximum absolute atomic E-state index is 12.1. The molecule has 0 nitrogen and oxygen atoms in total. The van der Waals surface area contributed by atoms with Crippen LogP contribution >= 0.6 is 24.2 Å². The summed E-state index contributed by atoms with van der Waals surface area (Å²) in [5.41, 5.74) is -0.226. The van der Waals surface area contributed by atoms with Gasteiger partial charge in [-0.05, 0) is 24.5 Å². The minimum atomic E-state index is -4.36. The Balaban J connectivity index is 0.000000583. The van der Waals surface area contributed by atoms with Gasteiger partial charge in [-0.25, -0.2) is 0 Å². The van der Waals surface area contributed by atoms with Crippen LogP contribution in [0.5, 0.6) is 0 Å². The molecule has 0 saturated carbocycles. The summed E-state index contributed by atoms with van der Waals surface area (Å²) in [6.45, 7) is 4.81. The van der Waals surface area contributed by atoms with Gasteiger partial charge in [-0.15, -0.1) is 0 Å². The monoisotopic (exact) mass is 254 g/mol. The molecule has 0 atom stereocenters. The molecule has 0 heterocycles. The minimum Gasteiger partial charge on any atom is -0.166 e. The maximum atomic E-state index is 12.1. The molecular formula is C10H10ClF3S. The first kappa shape index (κ1) is 14.4. The van der Waals surface area contributed by atoms with E-state index >= 15 is 0 Å². The number of aryl methyl sites for hydroxylation is 1. The van der Waals surface area contributed by atoms with Crippen molar-refractivity contribution >= 4 is 24.2 Å². The second-order valence-corrected chi connectivity index (χ2v) is 3.44. The van der Waals surface area contributed by atoms with Gasteiger partial charge in [0.25, 0.3) is 0 Å². The molecule has 0 saturated heterocycles. The molecule has 0 spiro atoms. The van der Waals surface area contributed by atoms with Crippen LogP contribution in [0.2, 0.25) is 5.02 Å². The van der Waals surface area contributed by atoms with Gasteiger partial charge in [0.05, 0.1) is 10.6 Å². The van der Waals surface area contributed by atoms with E-state index in [0.717, 1.165) is 6.07 Å². The normalized spacial score (nSPS) is 10.3. The van der Waals surface area contributed by atoms with Gasteiger partial charge in [0.15, 0.2) is 0 Å². The Morgan fingerprint density at radius 3 is 2.20 bits per heavy atom. The third-order valence-corrected chi connectivity index (χ3v) is 1.76. The molecule has 0 aliphatic heterocycles. The van der Waals surface area contributed by atoms with Crippen molar-refractivity contribution in [1.82, 2.24) is 0 Å². The standard InChI is InChI=1S/C8H6ClF3.C2H4S/c1-5-2-3-7(9)6(4-5)8(10,11)12;1-2-3/h2-4H,1H3;2-3H,1H2. The molecule has 0 aliphatic carbocycles. The first-order valence-electron chi connectivity index (χ1n) is 3.91. The van der Waals surface area contributed by atoms with Crippen LogP contribution in [-0.2, 0) is 6.18 Å². The van der Waals surface area contributed by atoms with Crippen LogP contribution in [0.25, 0.3) is 0 Å². The van der Waals surface area contributed by atoms with E-state index in [1.807, 2.05) is 0 Å². The van der Waals surface area contributed by atoms with Gasteiger partial charge in [-0.2, -0.15) is 25.8 Å². The quantitative estimate of drug-likeness (QED) is 0.636. The first-order valence-corrected chi connectivity index (χ1v) is 4.80. The van der Waals surface area contributed by atoms with Crippen molar-refractivity contribution in [1.29, 1.82) is 0 Å². The molecule has 1 aromatic carbocycles. The average Bonchev–Trinajstić information content (AvgIpc) is 2.09. The zero-order chi connectivity index (χ0) is 12.1. The van der Waals surface area contributed by atoms with Crippen LogP contribution in [0, 0.1) is 6.92 Å². The highest BCUT2D eigenvalue weighted by Crippen LogP contribution is 2.34. The van der Waals surface area contributed by atoms with Crippen molar-refractivity contribution in [3.8, 4) is 0 Å². The molecule has 15 heavy (non-hydrogen) atoms. The van der Waals surface area contributed by atoms with Gasteiger partial charge in [0, 0.05) is 0 Å². The second kappa shape index (κ2) is 6.08. The summed E-state index contributed by atoms with van der Waals surface area (Å²) < 4.78 is 36.4. The lowest BCUT2D eigenvalue weighted by Crippen LogP contribution is -2.05. The van der Waals surface area contributed by atoms with Gasteiger partial charge >= 0.3 is 6.18 Å². The van der Waals surface area contributed by atoms with Gasteiger partial charge < -0.3 is 0 Å². The summed E-state index contributed by atoms with van der Waals surface area (Å²) in [7, 11) is 0. The van der Waals surface area contributed by atoms with Gasteiger partial charge in [-0.3, -0.25) is 0 Å². The second-order valence-electron chi connectivity index (χ2n) is 2.66. The van der Waals surface area contributed by atoms with Crippen LogP contribution in [0.3, 0.4) is 0 Å². The summed E-state index contributed by atoms with van der Waals surface area (Å²) >= 11 is 8.91. The Bertz CT molecular complexity index is 334. The molecule has 0 aliphatic rings. The fourth-order valence-electron chi connectivity index (χ4n) is 0.856. The number of hydrogen-bond acceptors (Lipinski definition) is 1. The van der Waals surface area contributed by atoms with Crippen LogP contribution in [0.1, 0.15) is 11.1 Å². The highest BCUT2D eigenvalue weighted by atomic mass is 35.5. The predicted molar refractivity (Wildman–Crippen MR) is 60.4 cm³/mol. The van der Waals surface area contributed by atoms with Crippen molar-refractivity contribution in [3.63, 3.8) is 0 Å². The number of hydrogen-bond donors (Lipinski definition) is 1. The molecule has 1 aromatic rings. The zero-order valence-electron chi connectivity index (χ0n) is 7.98. The smallest absolute Gasteiger partial charge is 0.166 e. The Morgan fingerprint density at radius 2 is 1.87 bits per heavy atom. The molecule has 84 valence electrons. The Kier molecular flexibility index (Phi) is 5.83. The zero-order valence-corrected chi connectivity index (χ0v) is 9.63.